The number of nitrogens with two attached hydrogens (primary N) is 1. The molecular weight excluding hydrogens is 297 g/mol. The van der Waals surface area contributed by atoms with Gasteiger partial charge in [0, 0.05) is 10.0 Å². The number of allylic oxidation sites excluding steroid dienone is 1. The number of halogens is 2. The molecule has 5 nitrogen and oxygen atoms in total. The van der Waals surface area contributed by atoms with Crippen LogP contribution in [0.3, 0.4) is 0 Å². The maximum atomic E-state index is 9.23. The van der Waals surface area contributed by atoms with Gasteiger partial charge < -0.3 is 5.73 Å². The summed E-state index contributed by atoms with van der Waals surface area (Å²) in [5, 5.41) is 25.4. The van der Waals surface area contributed by atoms with Gasteiger partial charge in [0.2, 0.25) is 0 Å². The summed E-state index contributed by atoms with van der Waals surface area (Å²) < 4.78 is 0. The third-order valence-corrected chi connectivity index (χ3v) is 3.12. The van der Waals surface area contributed by atoms with Gasteiger partial charge in [0.25, 0.3) is 0 Å². The zero-order chi connectivity index (χ0) is 14.7. The van der Waals surface area contributed by atoms with Gasteiger partial charge in [0.05, 0.1) is 11.3 Å². The van der Waals surface area contributed by atoms with E-state index in [0.717, 1.165) is 0 Å². The van der Waals surface area contributed by atoms with Gasteiger partial charge in [-0.2, -0.15) is 15.6 Å². The Morgan fingerprint density at radius 2 is 2.10 bits per heavy atom. The summed E-state index contributed by atoms with van der Waals surface area (Å²) in [7, 11) is 0. The topological polar surface area (TPSA) is 102 Å². The lowest BCUT2D eigenvalue weighted by molar-refractivity contribution is 1.08. The highest BCUT2D eigenvalue weighted by Gasteiger charge is 2.14. The molecule has 3 N–H and O–H groups in total. The first-order chi connectivity index (χ1) is 9.56. The zero-order valence-corrected chi connectivity index (χ0v) is 11.5. The van der Waals surface area contributed by atoms with E-state index in [0.29, 0.717) is 15.6 Å². The molecule has 0 saturated heterocycles. The molecule has 0 amide bonds. The quantitative estimate of drug-likeness (QED) is 0.831. The van der Waals surface area contributed by atoms with Crippen LogP contribution in [0.4, 0.5) is 5.82 Å². The van der Waals surface area contributed by atoms with Gasteiger partial charge >= 0.3 is 0 Å². The summed E-state index contributed by atoms with van der Waals surface area (Å²) in [6.07, 6.45) is 1.53. The third-order valence-electron chi connectivity index (χ3n) is 2.56. The molecule has 0 bridgehead atoms. The van der Waals surface area contributed by atoms with Crippen molar-refractivity contribution in [1.82, 2.24) is 10.2 Å². The smallest absolute Gasteiger partial charge is 0.163 e. The number of nitrogens with zero attached hydrogens (tertiary/aromatic N) is 3. The molecule has 1 aromatic carbocycles. The van der Waals surface area contributed by atoms with Crippen molar-refractivity contribution >= 4 is 40.7 Å². The van der Waals surface area contributed by atoms with E-state index in [4.69, 9.17) is 34.2 Å². The van der Waals surface area contributed by atoms with E-state index in [1.807, 2.05) is 12.1 Å². The van der Waals surface area contributed by atoms with Gasteiger partial charge in [-0.25, -0.2) is 0 Å². The fraction of sp³-hybridized carbons (Fsp3) is 0. The second-order valence-electron chi connectivity index (χ2n) is 3.81. The van der Waals surface area contributed by atoms with Crippen molar-refractivity contribution in [3.63, 3.8) is 0 Å². The average molecular weight is 304 g/mol. The fourth-order valence-electron chi connectivity index (χ4n) is 1.60. The van der Waals surface area contributed by atoms with Crippen LogP contribution in [0.2, 0.25) is 10.0 Å². The maximum Gasteiger partial charge on any atom is 0.163 e. The summed E-state index contributed by atoms with van der Waals surface area (Å²) in [6, 6.07) is 8.79. The number of hydrogen-bond acceptors (Lipinski definition) is 4. The Bertz CT molecular complexity index is 777. The first-order valence-corrected chi connectivity index (χ1v) is 6.13. The minimum absolute atomic E-state index is 0.0471. The van der Waals surface area contributed by atoms with E-state index in [2.05, 4.69) is 10.2 Å². The molecule has 0 fully saturated rings. The Morgan fingerprint density at radius 1 is 1.35 bits per heavy atom. The van der Waals surface area contributed by atoms with Crippen molar-refractivity contribution in [2.24, 2.45) is 0 Å². The predicted octanol–water partition coefficient (Wildman–Crippen LogP) is 3.23. The normalized spacial score (nSPS) is 10.9. The van der Waals surface area contributed by atoms with Crippen LogP contribution in [0.1, 0.15) is 16.8 Å². The van der Waals surface area contributed by atoms with E-state index >= 15 is 0 Å². The van der Waals surface area contributed by atoms with E-state index in [1.54, 1.807) is 18.2 Å². The molecule has 2 rings (SSSR count). The van der Waals surface area contributed by atoms with Crippen LogP contribution in [0.25, 0.3) is 11.6 Å². The first kappa shape index (κ1) is 14.0. The summed E-state index contributed by atoms with van der Waals surface area (Å²) in [4.78, 5) is 0. The summed E-state index contributed by atoms with van der Waals surface area (Å²) in [6.45, 7) is 0. The molecule has 0 radical (unpaired) electrons. The molecule has 20 heavy (non-hydrogen) atoms. The van der Waals surface area contributed by atoms with Crippen LogP contribution in [-0.4, -0.2) is 10.2 Å². The van der Waals surface area contributed by atoms with Gasteiger partial charge in [-0.05, 0) is 23.8 Å². The Hall–Kier alpha value is -2.47. The molecule has 0 atom stereocenters. The lowest BCUT2D eigenvalue weighted by Crippen LogP contribution is -1.90. The predicted molar refractivity (Wildman–Crippen MR) is 77.7 cm³/mol. The second kappa shape index (κ2) is 5.66. The van der Waals surface area contributed by atoms with Crippen molar-refractivity contribution < 1.29 is 0 Å². The molecular formula is C13H7Cl2N5. The van der Waals surface area contributed by atoms with E-state index < -0.39 is 0 Å². The Kier molecular flexibility index (Phi) is 3.95. The lowest BCUT2D eigenvalue weighted by Gasteiger charge is -2.01. The van der Waals surface area contributed by atoms with Crippen LogP contribution < -0.4 is 5.73 Å². The molecule has 0 unspecified atom stereocenters. The van der Waals surface area contributed by atoms with Gasteiger partial charge in [0.1, 0.15) is 17.7 Å². The number of benzene rings is 1. The number of aromatic nitrogens is 2. The molecule has 0 saturated carbocycles. The number of rotatable bonds is 2. The van der Waals surface area contributed by atoms with Crippen molar-refractivity contribution in [2.45, 2.75) is 0 Å². The molecule has 2 aromatic rings. The fourth-order valence-corrected chi connectivity index (χ4v) is 2.06. The molecule has 7 heteroatoms. The van der Waals surface area contributed by atoms with Gasteiger partial charge in [-0.15, -0.1) is 0 Å². The standard InChI is InChI=1S/C13H7Cl2N5/c14-9-2-1-7(11(15)4-9)3-8(5-16)12-10(6-17)13(18)20-19-12/h1-4H,(H3,18,19,20)/b8-3+. The SMILES string of the molecule is N#C/C(=C\c1ccc(Cl)cc1Cl)c1[nH]nc(N)c1C#N. The van der Waals surface area contributed by atoms with Crippen LogP contribution in [0.15, 0.2) is 18.2 Å². The zero-order valence-electron chi connectivity index (χ0n) is 9.98. The minimum atomic E-state index is 0.0471. The monoisotopic (exact) mass is 303 g/mol. The highest BCUT2D eigenvalue weighted by Crippen LogP contribution is 2.27. The van der Waals surface area contributed by atoms with E-state index in [-0.39, 0.29) is 22.6 Å². The second-order valence-corrected chi connectivity index (χ2v) is 4.65. The van der Waals surface area contributed by atoms with Crippen molar-refractivity contribution in [1.29, 1.82) is 10.5 Å². The Labute approximate surface area is 124 Å². The van der Waals surface area contributed by atoms with Gasteiger partial charge in [0.15, 0.2) is 5.82 Å². The first-order valence-electron chi connectivity index (χ1n) is 5.38. The number of H-pyrrole nitrogens is 1. The number of aromatic amines is 1. The molecule has 0 aliphatic rings. The minimum Gasteiger partial charge on any atom is -0.381 e. The Balaban J connectivity index is 2.56. The largest absolute Gasteiger partial charge is 0.381 e. The highest BCUT2D eigenvalue weighted by atomic mass is 35.5. The lowest BCUT2D eigenvalue weighted by atomic mass is 10.1. The van der Waals surface area contributed by atoms with Crippen LogP contribution in [0, 0.1) is 22.7 Å². The number of nitrogen functional groups attached to an aromatic ring is 1. The van der Waals surface area contributed by atoms with E-state index in [1.165, 1.54) is 6.08 Å². The molecule has 0 aliphatic carbocycles. The number of nitriles is 2. The average Bonchev–Trinajstić information content (AvgIpc) is 2.79. The third kappa shape index (κ3) is 2.60. The number of anilines is 1. The van der Waals surface area contributed by atoms with Gasteiger partial charge in [-0.1, -0.05) is 29.3 Å². The summed E-state index contributed by atoms with van der Waals surface area (Å²) in [5.41, 5.74) is 6.74. The number of nitrogens with one attached hydrogen (secondary N) is 1. The van der Waals surface area contributed by atoms with Crippen LogP contribution in [0.5, 0.6) is 0 Å². The van der Waals surface area contributed by atoms with Crippen molar-refractivity contribution in [2.75, 3.05) is 5.73 Å². The summed E-state index contributed by atoms with van der Waals surface area (Å²) in [5.74, 6) is 0.0471. The van der Waals surface area contributed by atoms with Gasteiger partial charge in [-0.3, -0.25) is 5.10 Å². The Morgan fingerprint density at radius 3 is 2.70 bits per heavy atom. The van der Waals surface area contributed by atoms with Crippen molar-refractivity contribution in [3.05, 3.63) is 45.1 Å². The van der Waals surface area contributed by atoms with Crippen molar-refractivity contribution in [3.8, 4) is 12.1 Å². The molecule has 1 heterocycles. The highest BCUT2D eigenvalue weighted by molar-refractivity contribution is 6.35. The molecule has 1 aromatic heterocycles. The molecule has 0 aliphatic heterocycles. The molecule has 0 spiro atoms. The van der Waals surface area contributed by atoms with E-state index in [9.17, 15) is 5.26 Å². The van der Waals surface area contributed by atoms with Crippen LogP contribution >= 0.6 is 23.2 Å². The molecule has 98 valence electrons. The summed E-state index contributed by atoms with van der Waals surface area (Å²) >= 11 is 11.9. The maximum absolute atomic E-state index is 9.23. The van der Waals surface area contributed by atoms with Crippen LogP contribution in [-0.2, 0) is 0 Å². The number of hydrogen-bond donors (Lipinski definition) is 2.